The van der Waals surface area contributed by atoms with Crippen molar-refractivity contribution in [2.24, 2.45) is 0 Å². The number of barbiturate groups is 1. The summed E-state index contributed by atoms with van der Waals surface area (Å²) in [6.45, 7) is -0.296. The van der Waals surface area contributed by atoms with Gasteiger partial charge in [0.25, 0.3) is 17.7 Å². The third kappa shape index (κ3) is 6.24. The lowest BCUT2D eigenvalue weighted by molar-refractivity contribution is -0.122. The Morgan fingerprint density at radius 3 is 2.27 bits per heavy atom. The second kappa shape index (κ2) is 11.2. The lowest BCUT2D eigenvalue weighted by Gasteiger charge is -2.26. The Bertz CT molecular complexity index is 1420. The summed E-state index contributed by atoms with van der Waals surface area (Å²) in [7, 11) is 0. The number of halogens is 4. The number of benzene rings is 3. The van der Waals surface area contributed by atoms with Crippen LogP contribution in [0.5, 0.6) is 5.75 Å². The van der Waals surface area contributed by atoms with E-state index in [-0.39, 0.29) is 17.9 Å². The topological polar surface area (TPSA) is 105 Å². The molecule has 0 spiro atoms. The number of carbonyl (C=O) groups is 4. The van der Waals surface area contributed by atoms with Crippen LogP contribution >= 0.6 is 43.5 Å². The molecule has 37 heavy (non-hydrogen) atoms. The minimum atomic E-state index is -0.943. The van der Waals surface area contributed by atoms with Crippen molar-refractivity contribution in [2.75, 3.05) is 16.8 Å². The van der Waals surface area contributed by atoms with Crippen molar-refractivity contribution in [2.45, 2.75) is 0 Å². The molecule has 0 aromatic heterocycles. The lowest BCUT2D eigenvalue weighted by Crippen LogP contribution is -2.54. The number of urea groups is 1. The van der Waals surface area contributed by atoms with E-state index >= 15 is 0 Å². The standard InChI is InChI=1S/C25H15Br2ClFN3O5/c26-19-10-13(11-20(27)22(19)37-12-21(33)30-16-5-1-14(28)2-6-16)9-18-23(34)31-25(36)32(24(18)35)17-7-3-15(29)4-8-17/h1-11H,12H2,(H,30,33)(H,31,34,36)/b18-9+. The highest BCUT2D eigenvalue weighted by Crippen LogP contribution is 2.36. The minimum Gasteiger partial charge on any atom is -0.481 e. The first-order chi connectivity index (χ1) is 17.6. The summed E-state index contributed by atoms with van der Waals surface area (Å²) in [4.78, 5) is 50.7. The third-order valence-electron chi connectivity index (χ3n) is 4.99. The Morgan fingerprint density at radius 2 is 1.65 bits per heavy atom. The maximum atomic E-state index is 13.3. The number of carbonyl (C=O) groups excluding carboxylic acids is 4. The van der Waals surface area contributed by atoms with Gasteiger partial charge in [0.1, 0.15) is 17.1 Å². The molecule has 0 radical (unpaired) electrons. The molecule has 4 rings (SSSR count). The van der Waals surface area contributed by atoms with Crippen LogP contribution in [-0.4, -0.2) is 30.4 Å². The molecule has 1 heterocycles. The molecule has 1 fully saturated rings. The number of ether oxygens (including phenoxy) is 1. The largest absolute Gasteiger partial charge is 0.481 e. The zero-order valence-corrected chi connectivity index (χ0v) is 22.5. The molecule has 1 aliphatic rings. The molecular formula is C25H15Br2ClFN3O5. The van der Waals surface area contributed by atoms with Crippen molar-refractivity contribution in [3.63, 3.8) is 0 Å². The van der Waals surface area contributed by atoms with Crippen LogP contribution < -0.4 is 20.3 Å². The number of hydrogen-bond donors (Lipinski definition) is 2. The third-order valence-corrected chi connectivity index (χ3v) is 6.42. The molecule has 0 saturated carbocycles. The Labute approximate surface area is 231 Å². The van der Waals surface area contributed by atoms with Gasteiger partial charge < -0.3 is 10.1 Å². The summed E-state index contributed by atoms with van der Waals surface area (Å²) in [5.74, 6) is -2.37. The Morgan fingerprint density at radius 1 is 1.03 bits per heavy atom. The summed E-state index contributed by atoms with van der Waals surface area (Å²) in [6, 6.07) is 13.5. The maximum Gasteiger partial charge on any atom is 0.335 e. The maximum absolute atomic E-state index is 13.3. The van der Waals surface area contributed by atoms with E-state index in [9.17, 15) is 23.6 Å². The number of amides is 5. The molecule has 2 N–H and O–H groups in total. The van der Waals surface area contributed by atoms with E-state index in [2.05, 4.69) is 42.5 Å². The van der Waals surface area contributed by atoms with Crippen LogP contribution in [-0.2, 0) is 14.4 Å². The van der Waals surface area contributed by atoms with Crippen LogP contribution in [0.3, 0.4) is 0 Å². The van der Waals surface area contributed by atoms with Crippen molar-refractivity contribution in [3.8, 4) is 5.75 Å². The quantitative estimate of drug-likeness (QED) is 0.264. The van der Waals surface area contributed by atoms with Crippen LogP contribution in [0, 0.1) is 5.82 Å². The van der Waals surface area contributed by atoms with Crippen LogP contribution in [0.25, 0.3) is 6.08 Å². The summed E-state index contributed by atoms with van der Waals surface area (Å²) in [5.41, 5.74) is 0.773. The molecule has 0 unspecified atom stereocenters. The summed E-state index contributed by atoms with van der Waals surface area (Å²) >= 11 is 12.6. The number of nitrogens with one attached hydrogen (secondary N) is 2. The number of hydrogen-bond acceptors (Lipinski definition) is 5. The highest BCUT2D eigenvalue weighted by atomic mass is 79.9. The van der Waals surface area contributed by atoms with E-state index in [1.54, 1.807) is 36.4 Å². The van der Waals surface area contributed by atoms with E-state index in [0.717, 1.165) is 17.0 Å². The molecule has 8 nitrogen and oxygen atoms in total. The van der Waals surface area contributed by atoms with Gasteiger partial charge in [-0.25, -0.2) is 14.1 Å². The van der Waals surface area contributed by atoms with Gasteiger partial charge in [0.15, 0.2) is 6.61 Å². The monoisotopic (exact) mass is 649 g/mol. The summed E-state index contributed by atoms with van der Waals surface area (Å²) in [6.07, 6.45) is 1.30. The van der Waals surface area contributed by atoms with Gasteiger partial charge in [0.05, 0.1) is 14.6 Å². The number of nitrogens with zero attached hydrogens (tertiary/aromatic N) is 1. The lowest BCUT2D eigenvalue weighted by atomic mass is 10.1. The van der Waals surface area contributed by atoms with Gasteiger partial charge in [0, 0.05) is 10.7 Å². The molecule has 0 atom stereocenters. The summed E-state index contributed by atoms with van der Waals surface area (Å²) in [5, 5.41) is 5.33. The van der Waals surface area contributed by atoms with E-state index in [0.29, 0.717) is 31.0 Å². The SMILES string of the molecule is O=C(COc1c(Br)cc(/C=C2\C(=O)NC(=O)N(c3ccc(F)cc3)C2=O)cc1Br)Nc1ccc(Cl)cc1. The van der Waals surface area contributed by atoms with E-state index in [1.165, 1.54) is 18.2 Å². The van der Waals surface area contributed by atoms with Gasteiger partial charge in [-0.2, -0.15) is 0 Å². The first-order valence-corrected chi connectivity index (χ1v) is 12.4. The molecule has 12 heteroatoms. The second-order valence-corrected chi connectivity index (χ2v) is 9.74. The molecule has 3 aromatic carbocycles. The number of imide groups is 2. The Balaban J connectivity index is 1.51. The smallest absolute Gasteiger partial charge is 0.335 e. The molecule has 1 aliphatic heterocycles. The molecule has 1 saturated heterocycles. The van der Waals surface area contributed by atoms with Gasteiger partial charge in [-0.05, 0) is 104 Å². The van der Waals surface area contributed by atoms with Gasteiger partial charge in [-0.15, -0.1) is 0 Å². The van der Waals surface area contributed by atoms with Crippen LogP contribution in [0.4, 0.5) is 20.6 Å². The van der Waals surface area contributed by atoms with Crippen molar-refractivity contribution in [1.82, 2.24) is 5.32 Å². The molecule has 0 bridgehead atoms. The molecule has 188 valence electrons. The fourth-order valence-electron chi connectivity index (χ4n) is 3.32. The Kier molecular flexibility index (Phi) is 8.06. The van der Waals surface area contributed by atoms with E-state index in [4.69, 9.17) is 16.3 Å². The summed E-state index contributed by atoms with van der Waals surface area (Å²) < 4.78 is 19.8. The molecule has 5 amide bonds. The zero-order chi connectivity index (χ0) is 26.7. The predicted octanol–water partition coefficient (Wildman–Crippen LogP) is 5.69. The van der Waals surface area contributed by atoms with Crippen LogP contribution in [0.1, 0.15) is 5.56 Å². The van der Waals surface area contributed by atoms with Gasteiger partial charge in [-0.1, -0.05) is 11.6 Å². The van der Waals surface area contributed by atoms with Gasteiger partial charge >= 0.3 is 6.03 Å². The Hall–Kier alpha value is -3.54. The number of anilines is 2. The second-order valence-electron chi connectivity index (χ2n) is 7.59. The normalized spacial score (nSPS) is 14.5. The first kappa shape index (κ1) is 26.5. The van der Waals surface area contributed by atoms with Crippen LogP contribution in [0.2, 0.25) is 5.02 Å². The van der Waals surface area contributed by atoms with Crippen molar-refractivity contribution in [1.29, 1.82) is 0 Å². The first-order valence-electron chi connectivity index (χ1n) is 10.5. The number of rotatable bonds is 6. The molecule has 0 aliphatic carbocycles. The fraction of sp³-hybridized carbons (Fsp3) is 0.0400. The molecule has 3 aromatic rings. The van der Waals surface area contributed by atoms with Gasteiger partial charge in [0.2, 0.25) is 0 Å². The minimum absolute atomic E-state index is 0.102. The average Bonchev–Trinajstić information content (AvgIpc) is 2.84. The molecular weight excluding hydrogens is 637 g/mol. The van der Waals surface area contributed by atoms with Gasteiger partial charge in [-0.3, -0.25) is 19.7 Å². The fourth-order valence-corrected chi connectivity index (χ4v) is 4.89. The highest BCUT2D eigenvalue weighted by Gasteiger charge is 2.36. The predicted molar refractivity (Wildman–Crippen MR) is 143 cm³/mol. The van der Waals surface area contributed by atoms with Crippen LogP contribution in [0.15, 0.2) is 75.2 Å². The van der Waals surface area contributed by atoms with E-state index < -0.39 is 29.6 Å². The van der Waals surface area contributed by atoms with Crippen molar-refractivity contribution in [3.05, 3.63) is 91.6 Å². The average molecular weight is 652 g/mol. The van der Waals surface area contributed by atoms with Crippen molar-refractivity contribution < 1.29 is 28.3 Å². The highest BCUT2D eigenvalue weighted by molar-refractivity contribution is 9.11. The zero-order valence-electron chi connectivity index (χ0n) is 18.6. The van der Waals surface area contributed by atoms with E-state index in [1.807, 2.05) is 0 Å². The van der Waals surface area contributed by atoms with Crippen molar-refractivity contribution >= 4 is 84.7 Å².